The van der Waals surface area contributed by atoms with E-state index in [0.717, 1.165) is 64.2 Å². The number of carbonyl (C=O) groups is 3. The van der Waals surface area contributed by atoms with Gasteiger partial charge in [-0.1, -0.05) is 385 Å². The lowest BCUT2D eigenvalue weighted by Crippen LogP contribution is -2.30. The van der Waals surface area contributed by atoms with Crippen LogP contribution in [0.25, 0.3) is 0 Å². The lowest BCUT2D eigenvalue weighted by molar-refractivity contribution is -0.167. The Hall–Kier alpha value is -2.11. The van der Waals surface area contributed by atoms with Gasteiger partial charge >= 0.3 is 17.9 Å². The molecular formula is C77H146O6. The van der Waals surface area contributed by atoms with Crippen LogP contribution in [-0.2, 0) is 28.6 Å². The van der Waals surface area contributed by atoms with E-state index in [9.17, 15) is 14.4 Å². The molecule has 0 aromatic carbocycles. The average molecular weight is 1170 g/mol. The standard InChI is InChI=1S/C77H146O6/c1-4-7-10-13-16-19-21-23-25-27-29-31-33-35-37-38-39-41-42-44-46-48-50-52-54-56-58-61-64-67-70-76(79)82-73-74(72-81-75(78)69-66-63-60-18-15-12-9-6-3)83-77(80)71-68-65-62-59-57-55-53-51-49-47-45-43-40-36-34-32-30-28-26-24-22-20-17-14-11-8-5-2/h22,24,28,30,74H,4-21,23,25-27,29,31-73H2,1-3H3/b24-22-,30-28-. The predicted octanol–water partition coefficient (Wildman–Crippen LogP) is 26.1. The van der Waals surface area contributed by atoms with Crippen molar-refractivity contribution in [2.45, 2.75) is 438 Å². The Balaban J connectivity index is 4.01. The highest BCUT2D eigenvalue weighted by Crippen LogP contribution is 2.19. The molecule has 0 heterocycles. The second-order valence-corrected chi connectivity index (χ2v) is 25.9. The number of esters is 3. The maximum atomic E-state index is 12.9. The number of ether oxygens (including phenoxy) is 3. The first-order chi connectivity index (χ1) is 41.0. The highest BCUT2D eigenvalue weighted by atomic mass is 16.6. The van der Waals surface area contributed by atoms with Crippen molar-refractivity contribution < 1.29 is 28.6 Å². The van der Waals surface area contributed by atoms with Crippen LogP contribution < -0.4 is 0 Å². The average Bonchev–Trinajstić information content (AvgIpc) is 3.49. The van der Waals surface area contributed by atoms with Gasteiger partial charge in [-0.25, -0.2) is 0 Å². The molecule has 0 aromatic rings. The van der Waals surface area contributed by atoms with Gasteiger partial charge in [-0.15, -0.1) is 0 Å². The molecule has 0 N–H and O–H groups in total. The molecule has 0 bridgehead atoms. The van der Waals surface area contributed by atoms with Gasteiger partial charge in [-0.05, 0) is 51.4 Å². The van der Waals surface area contributed by atoms with Crippen molar-refractivity contribution in [3.8, 4) is 0 Å². The summed E-state index contributed by atoms with van der Waals surface area (Å²) < 4.78 is 17.0. The molecule has 0 radical (unpaired) electrons. The molecule has 6 nitrogen and oxygen atoms in total. The number of hydrogen-bond donors (Lipinski definition) is 0. The number of carbonyl (C=O) groups excluding carboxylic acids is 3. The molecule has 6 heteroatoms. The van der Waals surface area contributed by atoms with Crippen LogP contribution in [0.1, 0.15) is 432 Å². The van der Waals surface area contributed by atoms with Crippen molar-refractivity contribution in [3.63, 3.8) is 0 Å². The molecule has 83 heavy (non-hydrogen) atoms. The Morgan fingerprint density at radius 1 is 0.241 bits per heavy atom. The molecule has 1 unspecified atom stereocenters. The van der Waals surface area contributed by atoms with E-state index in [1.165, 1.54) is 327 Å². The minimum absolute atomic E-state index is 0.0643. The monoisotopic (exact) mass is 1170 g/mol. The van der Waals surface area contributed by atoms with Gasteiger partial charge in [0, 0.05) is 19.3 Å². The first-order valence-corrected chi connectivity index (χ1v) is 37.8. The molecule has 490 valence electrons. The Kier molecular flexibility index (Phi) is 70.5. The highest BCUT2D eigenvalue weighted by molar-refractivity contribution is 5.71. The predicted molar refractivity (Wildman–Crippen MR) is 363 cm³/mol. The first-order valence-electron chi connectivity index (χ1n) is 37.8. The third-order valence-corrected chi connectivity index (χ3v) is 17.5. The SMILES string of the molecule is CCCCCCC/C=C\C/C=C\CCCCCCCCCCCCCCCCCC(=O)OC(COC(=O)CCCCCCCCCC)COC(=O)CCCCCCCCCCCCCCCCCCCCCCCCCCCCCCCC. The van der Waals surface area contributed by atoms with E-state index in [1.54, 1.807) is 0 Å². The van der Waals surface area contributed by atoms with E-state index < -0.39 is 6.10 Å². The van der Waals surface area contributed by atoms with E-state index in [1.807, 2.05) is 0 Å². The van der Waals surface area contributed by atoms with Crippen LogP contribution in [0.15, 0.2) is 24.3 Å². The quantitative estimate of drug-likeness (QED) is 0.0261. The molecule has 0 aliphatic rings. The molecule has 0 aromatic heterocycles. The smallest absolute Gasteiger partial charge is 0.306 e. The molecule has 0 spiro atoms. The summed E-state index contributed by atoms with van der Waals surface area (Å²) in [5, 5.41) is 0. The zero-order valence-electron chi connectivity index (χ0n) is 56.5. The highest BCUT2D eigenvalue weighted by Gasteiger charge is 2.20. The molecule has 1 atom stereocenters. The van der Waals surface area contributed by atoms with Gasteiger partial charge < -0.3 is 14.2 Å². The van der Waals surface area contributed by atoms with Crippen LogP contribution in [-0.4, -0.2) is 37.2 Å². The van der Waals surface area contributed by atoms with Crippen molar-refractivity contribution in [1.82, 2.24) is 0 Å². The van der Waals surface area contributed by atoms with E-state index in [0.29, 0.717) is 19.3 Å². The maximum absolute atomic E-state index is 12.9. The number of unbranched alkanes of at least 4 members (excludes halogenated alkanes) is 56. The second-order valence-electron chi connectivity index (χ2n) is 25.9. The van der Waals surface area contributed by atoms with Crippen molar-refractivity contribution in [2.24, 2.45) is 0 Å². The molecule has 0 rings (SSSR count). The van der Waals surface area contributed by atoms with Crippen LogP contribution in [0.3, 0.4) is 0 Å². The number of hydrogen-bond acceptors (Lipinski definition) is 6. The van der Waals surface area contributed by atoms with Crippen molar-refractivity contribution >= 4 is 17.9 Å². The minimum atomic E-state index is -0.767. The normalized spacial score (nSPS) is 12.1. The van der Waals surface area contributed by atoms with Crippen molar-refractivity contribution in [2.75, 3.05) is 13.2 Å². The topological polar surface area (TPSA) is 78.9 Å². The zero-order valence-corrected chi connectivity index (χ0v) is 56.5. The Bertz CT molecular complexity index is 1340. The fraction of sp³-hybridized carbons (Fsp3) is 0.909. The molecule has 0 saturated heterocycles. The van der Waals surface area contributed by atoms with Crippen molar-refractivity contribution in [3.05, 3.63) is 24.3 Å². The van der Waals surface area contributed by atoms with Crippen LogP contribution in [0.2, 0.25) is 0 Å². The summed E-state index contributed by atoms with van der Waals surface area (Å²) in [6.07, 6.45) is 89.7. The van der Waals surface area contributed by atoms with E-state index in [-0.39, 0.29) is 31.1 Å². The first kappa shape index (κ1) is 80.9. The Morgan fingerprint density at radius 3 is 0.663 bits per heavy atom. The maximum Gasteiger partial charge on any atom is 0.306 e. The molecule has 0 amide bonds. The zero-order chi connectivity index (χ0) is 59.9. The van der Waals surface area contributed by atoms with Crippen LogP contribution in [0.4, 0.5) is 0 Å². The summed E-state index contributed by atoms with van der Waals surface area (Å²) in [5.41, 5.74) is 0. The molecule has 0 fully saturated rings. The van der Waals surface area contributed by atoms with Gasteiger partial charge in [-0.2, -0.15) is 0 Å². The third-order valence-electron chi connectivity index (χ3n) is 17.5. The fourth-order valence-corrected chi connectivity index (χ4v) is 11.8. The van der Waals surface area contributed by atoms with Crippen LogP contribution >= 0.6 is 0 Å². The summed E-state index contributed by atoms with van der Waals surface area (Å²) in [4.78, 5) is 38.3. The van der Waals surface area contributed by atoms with Gasteiger partial charge in [0.15, 0.2) is 6.10 Å². The third kappa shape index (κ3) is 70.5. The van der Waals surface area contributed by atoms with Gasteiger partial charge in [0.05, 0.1) is 0 Å². The van der Waals surface area contributed by atoms with Gasteiger partial charge in [-0.3, -0.25) is 14.4 Å². The molecule has 0 saturated carbocycles. The summed E-state index contributed by atoms with van der Waals surface area (Å²) in [6.45, 7) is 6.69. The summed E-state index contributed by atoms with van der Waals surface area (Å²) in [7, 11) is 0. The number of rotatable bonds is 71. The lowest BCUT2D eigenvalue weighted by Gasteiger charge is -2.18. The van der Waals surface area contributed by atoms with E-state index >= 15 is 0 Å². The fourth-order valence-electron chi connectivity index (χ4n) is 11.8. The summed E-state index contributed by atoms with van der Waals surface area (Å²) >= 11 is 0. The Morgan fingerprint density at radius 2 is 0.434 bits per heavy atom. The van der Waals surface area contributed by atoms with Gasteiger partial charge in [0.25, 0.3) is 0 Å². The van der Waals surface area contributed by atoms with E-state index in [4.69, 9.17) is 14.2 Å². The largest absolute Gasteiger partial charge is 0.462 e. The molecule has 0 aliphatic heterocycles. The minimum Gasteiger partial charge on any atom is -0.462 e. The van der Waals surface area contributed by atoms with Gasteiger partial charge in [0.2, 0.25) is 0 Å². The van der Waals surface area contributed by atoms with Crippen LogP contribution in [0.5, 0.6) is 0 Å². The van der Waals surface area contributed by atoms with Crippen LogP contribution in [0, 0.1) is 0 Å². The summed E-state index contributed by atoms with van der Waals surface area (Å²) in [5.74, 6) is -0.837. The van der Waals surface area contributed by atoms with Gasteiger partial charge in [0.1, 0.15) is 13.2 Å². The number of allylic oxidation sites excluding steroid dienone is 4. The Labute approximate surface area is 519 Å². The molecule has 0 aliphatic carbocycles. The second kappa shape index (κ2) is 72.4. The molecular weight excluding hydrogens is 1020 g/mol. The summed E-state index contributed by atoms with van der Waals surface area (Å²) in [6, 6.07) is 0. The van der Waals surface area contributed by atoms with E-state index in [2.05, 4.69) is 45.1 Å². The van der Waals surface area contributed by atoms with Crippen molar-refractivity contribution in [1.29, 1.82) is 0 Å². The lowest BCUT2D eigenvalue weighted by atomic mass is 10.0.